The molecule has 476 valence electrons. The van der Waals surface area contributed by atoms with Crippen molar-refractivity contribution in [3.8, 4) is 0 Å². The molecule has 0 spiro atoms. The van der Waals surface area contributed by atoms with E-state index >= 15 is 0 Å². The van der Waals surface area contributed by atoms with Crippen molar-refractivity contribution in [3.05, 3.63) is 109 Å². The average Bonchev–Trinajstić information content (AvgIpc) is 3.50. The predicted molar refractivity (Wildman–Crippen MR) is 362 cm³/mol. The zero-order chi connectivity index (χ0) is 59.9. The van der Waals surface area contributed by atoms with Crippen LogP contribution in [0.1, 0.15) is 342 Å². The molecule has 0 aromatic heterocycles. The minimum atomic E-state index is -0.791. The van der Waals surface area contributed by atoms with E-state index in [4.69, 9.17) is 14.2 Å². The molecule has 83 heavy (non-hydrogen) atoms. The maximum atomic E-state index is 13.0. The molecule has 0 aliphatic heterocycles. The smallest absolute Gasteiger partial charge is 0.306 e. The van der Waals surface area contributed by atoms with E-state index in [2.05, 4.69) is 130 Å². The van der Waals surface area contributed by atoms with Gasteiger partial charge in [-0.2, -0.15) is 0 Å². The molecular formula is C77H132O6. The fraction of sp³-hybridized carbons (Fsp3) is 0.727. The first-order valence-electron chi connectivity index (χ1n) is 35.4. The number of ether oxygens (including phenoxy) is 3. The number of esters is 3. The number of hydrogen-bond donors (Lipinski definition) is 0. The van der Waals surface area contributed by atoms with E-state index in [-0.39, 0.29) is 31.1 Å². The summed E-state index contributed by atoms with van der Waals surface area (Å²) in [6.45, 7) is 6.53. The van der Waals surface area contributed by atoms with Crippen molar-refractivity contribution in [2.45, 2.75) is 348 Å². The van der Waals surface area contributed by atoms with Crippen LogP contribution in [-0.4, -0.2) is 37.2 Å². The molecule has 6 heteroatoms. The SMILES string of the molecule is CC/C=C\C/C=C\C/C=C\C/C=C\C/C=C\C/C=C\CCCCCCCCCCC(=O)OCC(COC(=O)CCCCCCCCCCCCCCCCCCCCC)OC(=O)CCCCCCCC/C=C\C/C=C\C/C=C\CCCCC. The molecule has 6 nitrogen and oxygen atoms in total. The first-order chi connectivity index (χ1) is 41.0. The van der Waals surface area contributed by atoms with Crippen LogP contribution in [-0.2, 0) is 28.6 Å². The molecule has 0 bridgehead atoms. The highest BCUT2D eigenvalue weighted by atomic mass is 16.6. The molecular weight excluding hydrogens is 1020 g/mol. The summed E-state index contributed by atoms with van der Waals surface area (Å²) in [6.07, 6.45) is 96.7. The molecule has 0 N–H and O–H groups in total. The van der Waals surface area contributed by atoms with Crippen molar-refractivity contribution in [1.29, 1.82) is 0 Å². The Kier molecular flexibility index (Phi) is 67.2. The number of allylic oxidation sites excluding steroid dienone is 18. The summed E-state index contributed by atoms with van der Waals surface area (Å²) in [5.74, 6) is -0.889. The minimum Gasteiger partial charge on any atom is -0.462 e. The van der Waals surface area contributed by atoms with E-state index in [1.807, 2.05) is 0 Å². The Balaban J connectivity index is 4.39. The summed E-state index contributed by atoms with van der Waals surface area (Å²) in [7, 11) is 0. The first-order valence-corrected chi connectivity index (χ1v) is 35.4. The summed E-state index contributed by atoms with van der Waals surface area (Å²) in [6, 6.07) is 0. The highest BCUT2D eigenvalue weighted by Gasteiger charge is 2.19. The second kappa shape index (κ2) is 70.6. The van der Waals surface area contributed by atoms with Gasteiger partial charge in [0.1, 0.15) is 13.2 Å². The number of carbonyl (C=O) groups excluding carboxylic acids is 3. The van der Waals surface area contributed by atoms with E-state index in [9.17, 15) is 14.4 Å². The van der Waals surface area contributed by atoms with Crippen LogP contribution in [0, 0.1) is 0 Å². The third-order valence-electron chi connectivity index (χ3n) is 15.3. The molecule has 0 saturated heterocycles. The summed E-state index contributed by atoms with van der Waals surface area (Å²) in [5.41, 5.74) is 0. The van der Waals surface area contributed by atoms with Crippen LogP contribution in [0.25, 0.3) is 0 Å². The Morgan fingerprint density at radius 2 is 0.470 bits per heavy atom. The first kappa shape index (κ1) is 79.1. The number of rotatable bonds is 64. The van der Waals surface area contributed by atoms with Crippen molar-refractivity contribution in [2.75, 3.05) is 13.2 Å². The predicted octanol–water partition coefficient (Wildman–Crippen LogP) is 24.6. The van der Waals surface area contributed by atoms with Gasteiger partial charge in [-0.15, -0.1) is 0 Å². The van der Waals surface area contributed by atoms with Crippen LogP contribution >= 0.6 is 0 Å². The van der Waals surface area contributed by atoms with Gasteiger partial charge >= 0.3 is 17.9 Å². The Labute approximate surface area is 514 Å². The molecule has 0 saturated carbocycles. The van der Waals surface area contributed by atoms with Gasteiger partial charge in [0.2, 0.25) is 0 Å². The van der Waals surface area contributed by atoms with Gasteiger partial charge < -0.3 is 14.2 Å². The standard InChI is InChI=1S/C77H132O6/c1-4-7-10-13-16-19-22-25-28-31-34-35-36-37-38-39-40-41-44-46-49-52-55-58-61-64-67-70-76(79)82-73-74(83-77(80)71-68-65-62-59-56-53-50-47-43-33-30-27-24-21-18-15-12-9-6-3)72-81-75(78)69-66-63-60-57-54-51-48-45-42-32-29-26-23-20-17-14-11-8-5-2/h7,10,16,18-19,21,25,27-28,30,34-35,37-38,40-41,43,47,74H,4-6,8-9,11-15,17,20,22-24,26,29,31-33,36,39,42,44-46,48-73H2,1-3H3/b10-7-,19-16-,21-18-,28-25-,30-27-,35-34-,38-37-,41-40-,47-43-. The highest BCUT2D eigenvalue weighted by molar-refractivity contribution is 5.71. The molecule has 0 aliphatic rings. The highest BCUT2D eigenvalue weighted by Crippen LogP contribution is 2.17. The summed E-state index contributed by atoms with van der Waals surface area (Å²) in [5, 5.41) is 0. The molecule has 0 fully saturated rings. The number of carbonyl (C=O) groups is 3. The molecule has 0 radical (unpaired) electrons. The van der Waals surface area contributed by atoms with Gasteiger partial charge in [0.05, 0.1) is 0 Å². The summed E-state index contributed by atoms with van der Waals surface area (Å²) >= 11 is 0. The maximum absolute atomic E-state index is 13.0. The van der Waals surface area contributed by atoms with Crippen molar-refractivity contribution >= 4 is 17.9 Å². The fourth-order valence-electron chi connectivity index (χ4n) is 9.99. The monoisotopic (exact) mass is 1150 g/mol. The molecule has 0 amide bonds. The van der Waals surface area contributed by atoms with E-state index in [0.29, 0.717) is 19.3 Å². The van der Waals surface area contributed by atoms with Crippen LogP contribution in [0.4, 0.5) is 0 Å². The van der Waals surface area contributed by atoms with Crippen LogP contribution in [0.5, 0.6) is 0 Å². The Morgan fingerprint density at radius 3 is 0.759 bits per heavy atom. The quantitative estimate of drug-likeness (QED) is 0.0261. The van der Waals surface area contributed by atoms with E-state index in [0.717, 1.165) is 128 Å². The Bertz CT molecular complexity index is 1660. The third-order valence-corrected chi connectivity index (χ3v) is 15.3. The van der Waals surface area contributed by atoms with E-state index in [1.54, 1.807) is 0 Å². The van der Waals surface area contributed by atoms with Gasteiger partial charge in [0.25, 0.3) is 0 Å². The molecule has 1 atom stereocenters. The second-order valence-electron chi connectivity index (χ2n) is 23.4. The Morgan fingerprint density at radius 1 is 0.253 bits per heavy atom. The molecule has 0 heterocycles. The summed E-state index contributed by atoms with van der Waals surface area (Å²) in [4.78, 5) is 38.5. The maximum Gasteiger partial charge on any atom is 0.306 e. The van der Waals surface area contributed by atoms with Gasteiger partial charge in [-0.1, -0.05) is 323 Å². The van der Waals surface area contributed by atoms with Crippen molar-refractivity contribution in [2.24, 2.45) is 0 Å². The zero-order valence-corrected chi connectivity index (χ0v) is 54.7. The fourth-order valence-corrected chi connectivity index (χ4v) is 9.99. The number of unbranched alkanes of at least 4 members (excludes halogenated alkanes) is 35. The molecule has 0 aromatic rings. The Hall–Kier alpha value is -3.93. The van der Waals surface area contributed by atoms with Gasteiger partial charge in [0.15, 0.2) is 6.10 Å². The minimum absolute atomic E-state index is 0.0837. The van der Waals surface area contributed by atoms with Crippen LogP contribution < -0.4 is 0 Å². The second-order valence-corrected chi connectivity index (χ2v) is 23.4. The van der Waals surface area contributed by atoms with Crippen LogP contribution in [0.2, 0.25) is 0 Å². The summed E-state index contributed by atoms with van der Waals surface area (Å²) < 4.78 is 17.0. The van der Waals surface area contributed by atoms with Gasteiger partial charge in [-0.3, -0.25) is 14.4 Å². The van der Waals surface area contributed by atoms with Gasteiger partial charge in [-0.05, 0) is 109 Å². The van der Waals surface area contributed by atoms with Crippen LogP contribution in [0.3, 0.4) is 0 Å². The molecule has 0 rings (SSSR count). The van der Waals surface area contributed by atoms with E-state index in [1.165, 1.54) is 173 Å². The van der Waals surface area contributed by atoms with E-state index < -0.39 is 6.10 Å². The van der Waals surface area contributed by atoms with Crippen molar-refractivity contribution in [1.82, 2.24) is 0 Å². The lowest BCUT2D eigenvalue weighted by molar-refractivity contribution is -0.167. The van der Waals surface area contributed by atoms with Gasteiger partial charge in [0, 0.05) is 19.3 Å². The van der Waals surface area contributed by atoms with Crippen molar-refractivity contribution < 1.29 is 28.6 Å². The lowest BCUT2D eigenvalue weighted by atomic mass is 10.0. The largest absolute Gasteiger partial charge is 0.462 e. The lowest BCUT2D eigenvalue weighted by Crippen LogP contribution is -2.30. The molecule has 1 unspecified atom stereocenters. The molecule has 0 aromatic carbocycles. The lowest BCUT2D eigenvalue weighted by Gasteiger charge is -2.18. The topological polar surface area (TPSA) is 78.9 Å². The van der Waals surface area contributed by atoms with Crippen LogP contribution in [0.15, 0.2) is 109 Å². The zero-order valence-electron chi connectivity index (χ0n) is 54.7. The molecule has 0 aliphatic carbocycles. The average molecular weight is 1150 g/mol. The van der Waals surface area contributed by atoms with Crippen molar-refractivity contribution in [3.63, 3.8) is 0 Å². The normalized spacial score (nSPS) is 12.8. The third kappa shape index (κ3) is 68.7. The number of hydrogen-bond acceptors (Lipinski definition) is 6. The van der Waals surface area contributed by atoms with Gasteiger partial charge in [-0.25, -0.2) is 0 Å².